The van der Waals surface area contributed by atoms with Gasteiger partial charge in [-0.05, 0) is 57.7 Å². The van der Waals surface area contributed by atoms with Crippen molar-refractivity contribution in [3.8, 4) is 22.9 Å². The number of fused-ring (bicyclic) bond motifs is 6. The van der Waals surface area contributed by atoms with E-state index in [4.69, 9.17) is 19.2 Å². The maximum atomic E-state index is 13.6. The topological polar surface area (TPSA) is 115 Å². The summed E-state index contributed by atoms with van der Waals surface area (Å²) in [5.74, 6) is 0.579. The lowest BCUT2D eigenvalue weighted by molar-refractivity contribution is -0.172. The first-order valence-corrected chi connectivity index (χ1v) is 12.6. The van der Waals surface area contributed by atoms with E-state index in [1.807, 2.05) is 12.1 Å². The Morgan fingerprint density at radius 2 is 1.92 bits per heavy atom. The molecule has 3 aliphatic rings. The molecular weight excluding hydrogens is 476 g/mol. The molecule has 0 saturated heterocycles. The molecule has 0 spiro atoms. The van der Waals surface area contributed by atoms with Crippen LogP contribution >= 0.6 is 0 Å². The molecule has 2 aromatic heterocycles. The summed E-state index contributed by atoms with van der Waals surface area (Å²) in [7, 11) is 4.11. The standard InChI is InChI=1S/C27H30N4O6/c1-4-27(34)19-9-21-24-17(12-31(21)25(32)18(19)13-35-26(27)33)16(11-28-6-5-7-30(2)3)15-8-22-23(37-14-36-22)10-20(15)29-24/h8-10,28,34H,4-7,11-14H2,1-3H3/t27-/m0/s1. The predicted molar refractivity (Wildman–Crippen MR) is 136 cm³/mol. The first kappa shape index (κ1) is 23.9. The number of rotatable bonds is 7. The Morgan fingerprint density at radius 1 is 1.14 bits per heavy atom. The van der Waals surface area contributed by atoms with Crippen LogP contribution in [0.1, 0.15) is 42.0 Å². The highest BCUT2D eigenvalue weighted by molar-refractivity contribution is 5.91. The summed E-state index contributed by atoms with van der Waals surface area (Å²) in [4.78, 5) is 33.2. The number of aliphatic hydroxyl groups is 1. The van der Waals surface area contributed by atoms with Gasteiger partial charge in [-0.2, -0.15) is 0 Å². The number of nitrogens with zero attached hydrogens (tertiary/aromatic N) is 3. The minimum absolute atomic E-state index is 0.103. The van der Waals surface area contributed by atoms with Crippen LogP contribution in [0, 0.1) is 0 Å². The van der Waals surface area contributed by atoms with E-state index in [0.717, 1.165) is 41.5 Å². The van der Waals surface area contributed by atoms with Gasteiger partial charge >= 0.3 is 5.97 Å². The van der Waals surface area contributed by atoms with E-state index < -0.39 is 11.6 Å². The van der Waals surface area contributed by atoms with Crippen molar-refractivity contribution in [1.82, 2.24) is 19.8 Å². The fourth-order valence-corrected chi connectivity index (χ4v) is 5.49. The summed E-state index contributed by atoms with van der Waals surface area (Å²) >= 11 is 0. The third-order valence-corrected chi connectivity index (χ3v) is 7.56. The molecule has 0 fully saturated rings. The second kappa shape index (κ2) is 8.83. The van der Waals surface area contributed by atoms with Crippen molar-refractivity contribution in [1.29, 1.82) is 0 Å². The van der Waals surface area contributed by atoms with Crippen molar-refractivity contribution in [2.75, 3.05) is 34.0 Å². The molecule has 3 aromatic rings. The first-order chi connectivity index (χ1) is 17.8. The van der Waals surface area contributed by atoms with Gasteiger partial charge in [0, 0.05) is 29.1 Å². The van der Waals surface area contributed by atoms with Gasteiger partial charge in [0.15, 0.2) is 17.1 Å². The number of hydrogen-bond donors (Lipinski definition) is 2. The molecule has 0 aliphatic carbocycles. The zero-order valence-electron chi connectivity index (χ0n) is 21.2. The van der Waals surface area contributed by atoms with Crippen LogP contribution in [0.25, 0.3) is 22.3 Å². The Labute approximate surface area is 213 Å². The second-order valence-electron chi connectivity index (χ2n) is 10.1. The monoisotopic (exact) mass is 506 g/mol. The van der Waals surface area contributed by atoms with E-state index in [-0.39, 0.29) is 25.4 Å². The van der Waals surface area contributed by atoms with Gasteiger partial charge in [-0.3, -0.25) is 4.79 Å². The maximum absolute atomic E-state index is 13.6. The molecule has 0 radical (unpaired) electrons. The number of benzene rings is 1. The Balaban J connectivity index is 1.50. The normalized spacial score (nSPS) is 19.2. The zero-order chi connectivity index (χ0) is 25.9. The fourth-order valence-electron chi connectivity index (χ4n) is 5.49. The summed E-state index contributed by atoms with van der Waals surface area (Å²) < 4.78 is 18.1. The van der Waals surface area contributed by atoms with Crippen LogP contribution in [0.3, 0.4) is 0 Å². The number of hydrogen-bond acceptors (Lipinski definition) is 9. The minimum atomic E-state index is -1.86. The third-order valence-electron chi connectivity index (χ3n) is 7.56. The predicted octanol–water partition coefficient (Wildman–Crippen LogP) is 1.85. The number of aromatic nitrogens is 2. The lowest BCUT2D eigenvalue weighted by Crippen LogP contribution is -2.44. The number of pyridine rings is 2. The van der Waals surface area contributed by atoms with Crippen LogP contribution in [0.2, 0.25) is 0 Å². The number of esters is 1. The van der Waals surface area contributed by atoms with Gasteiger partial charge in [-0.1, -0.05) is 6.92 Å². The summed E-state index contributed by atoms with van der Waals surface area (Å²) in [5.41, 5.74) is 2.48. The van der Waals surface area contributed by atoms with Crippen molar-refractivity contribution < 1.29 is 24.1 Å². The van der Waals surface area contributed by atoms with E-state index in [0.29, 0.717) is 47.1 Å². The lowest BCUT2D eigenvalue weighted by atomic mass is 9.86. The molecule has 1 aromatic carbocycles. The summed E-state index contributed by atoms with van der Waals surface area (Å²) in [6.45, 7) is 4.48. The van der Waals surface area contributed by atoms with Crippen molar-refractivity contribution in [3.63, 3.8) is 0 Å². The molecule has 3 aliphatic heterocycles. The van der Waals surface area contributed by atoms with Crippen LogP contribution in [-0.2, 0) is 34.8 Å². The van der Waals surface area contributed by atoms with Crippen LogP contribution < -0.4 is 20.3 Å². The van der Waals surface area contributed by atoms with E-state index in [9.17, 15) is 14.7 Å². The molecule has 2 N–H and O–H groups in total. The first-order valence-electron chi connectivity index (χ1n) is 12.6. The highest BCUT2D eigenvalue weighted by atomic mass is 16.7. The lowest BCUT2D eigenvalue weighted by Gasteiger charge is -2.31. The smallest absolute Gasteiger partial charge is 0.343 e. The van der Waals surface area contributed by atoms with Crippen LogP contribution in [-0.4, -0.2) is 59.5 Å². The summed E-state index contributed by atoms with van der Waals surface area (Å²) in [6, 6.07) is 5.57. The number of ether oxygens (including phenoxy) is 3. The number of carbonyl (C=O) groups is 1. The van der Waals surface area contributed by atoms with Gasteiger partial charge in [0.25, 0.3) is 5.56 Å². The molecule has 37 heavy (non-hydrogen) atoms. The van der Waals surface area contributed by atoms with Crippen molar-refractivity contribution in [3.05, 3.63) is 50.8 Å². The number of cyclic esters (lactones) is 1. The average Bonchev–Trinajstić information content (AvgIpc) is 3.49. The molecular formula is C27H30N4O6. The molecule has 0 bridgehead atoms. The Bertz CT molecular complexity index is 1500. The van der Waals surface area contributed by atoms with Gasteiger partial charge in [0.2, 0.25) is 6.79 Å². The molecule has 5 heterocycles. The van der Waals surface area contributed by atoms with Crippen molar-refractivity contribution in [2.45, 2.75) is 45.1 Å². The fraction of sp³-hybridized carbons (Fsp3) is 0.444. The van der Waals surface area contributed by atoms with Crippen LogP contribution in [0.5, 0.6) is 11.5 Å². The molecule has 0 amide bonds. The minimum Gasteiger partial charge on any atom is -0.458 e. The van der Waals surface area contributed by atoms with Crippen LogP contribution in [0.4, 0.5) is 0 Å². The molecule has 0 unspecified atom stereocenters. The van der Waals surface area contributed by atoms with Gasteiger partial charge < -0.3 is 34.1 Å². The Kier molecular flexibility index (Phi) is 5.70. The molecule has 6 rings (SSSR count). The van der Waals surface area contributed by atoms with E-state index in [1.165, 1.54) is 0 Å². The molecule has 194 valence electrons. The number of carbonyl (C=O) groups excluding carboxylic acids is 1. The summed E-state index contributed by atoms with van der Waals surface area (Å²) in [5, 5.41) is 15.6. The molecule has 10 heteroatoms. The SMILES string of the molecule is CC[C@@]1(O)C(=O)OCc2c1cc1n(c2=O)Cc2c-1nc1cc3c(cc1c2CNCCCN(C)C)OCO3. The Hall–Kier alpha value is -3.47. The van der Waals surface area contributed by atoms with Crippen molar-refractivity contribution >= 4 is 16.9 Å². The third kappa shape index (κ3) is 3.70. The van der Waals surface area contributed by atoms with Crippen LogP contribution in [0.15, 0.2) is 23.0 Å². The quantitative estimate of drug-likeness (QED) is 0.286. The van der Waals surface area contributed by atoms with Gasteiger partial charge in [0.1, 0.15) is 6.61 Å². The van der Waals surface area contributed by atoms with Gasteiger partial charge in [0.05, 0.1) is 29.0 Å². The highest BCUT2D eigenvalue weighted by Crippen LogP contribution is 2.43. The highest BCUT2D eigenvalue weighted by Gasteiger charge is 2.45. The maximum Gasteiger partial charge on any atom is 0.343 e. The molecule has 0 saturated carbocycles. The largest absolute Gasteiger partial charge is 0.458 e. The van der Waals surface area contributed by atoms with E-state index in [1.54, 1.807) is 17.6 Å². The molecule has 1 atom stereocenters. The van der Waals surface area contributed by atoms with E-state index >= 15 is 0 Å². The number of nitrogens with one attached hydrogen (secondary N) is 1. The Morgan fingerprint density at radius 3 is 2.68 bits per heavy atom. The van der Waals surface area contributed by atoms with E-state index in [2.05, 4.69) is 24.3 Å². The van der Waals surface area contributed by atoms with Gasteiger partial charge in [-0.15, -0.1) is 0 Å². The average molecular weight is 507 g/mol. The zero-order valence-corrected chi connectivity index (χ0v) is 21.2. The summed E-state index contributed by atoms with van der Waals surface area (Å²) in [6.07, 6.45) is 1.10. The van der Waals surface area contributed by atoms with Crippen molar-refractivity contribution in [2.24, 2.45) is 0 Å². The molecule has 10 nitrogen and oxygen atoms in total. The second-order valence-corrected chi connectivity index (χ2v) is 10.1. The van der Waals surface area contributed by atoms with Gasteiger partial charge in [-0.25, -0.2) is 9.78 Å².